The van der Waals surface area contributed by atoms with E-state index in [2.05, 4.69) is 27.1 Å². The molecule has 2 atom stereocenters. The van der Waals surface area contributed by atoms with Gasteiger partial charge in [-0.1, -0.05) is 46.2 Å². The zero-order valence-corrected chi connectivity index (χ0v) is 30.0. The van der Waals surface area contributed by atoms with Crippen LogP contribution in [0.2, 0.25) is 5.02 Å². The van der Waals surface area contributed by atoms with Gasteiger partial charge in [0.2, 0.25) is 5.95 Å². The van der Waals surface area contributed by atoms with Gasteiger partial charge < -0.3 is 24.2 Å². The first-order chi connectivity index (χ1) is 24.2. The Morgan fingerprint density at radius 1 is 0.980 bits per heavy atom. The number of likely N-dealkylation sites (N-methyl/N-ethyl adjacent to an activating group) is 1. The number of ether oxygens (including phenoxy) is 2. The second-order valence-corrected chi connectivity index (χ2v) is 16.2. The molecule has 5 aromatic rings. The van der Waals surface area contributed by atoms with Crippen molar-refractivity contribution in [3.63, 3.8) is 0 Å². The van der Waals surface area contributed by atoms with Crippen molar-refractivity contribution in [1.29, 1.82) is 0 Å². The van der Waals surface area contributed by atoms with Crippen molar-refractivity contribution in [3.8, 4) is 16.9 Å². The highest BCUT2D eigenvalue weighted by atomic mass is 35.5. The van der Waals surface area contributed by atoms with Gasteiger partial charge in [-0.25, -0.2) is 4.98 Å². The number of piperidine rings is 1. The van der Waals surface area contributed by atoms with Crippen LogP contribution in [0, 0.1) is 0 Å². The average Bonchev–Trinajstić information content (AvgIpc) is 3.13. The molecule has 50 heavy (non-hydrogen) atoms. The van der Waals surface area contributed by atoms with Crippen LogP contribution in [-0.4, -0.2) is 94.2 Å². The molecular weight excluding hydrogens is 672 g/mol. The van der Waals surface area contributed by atoms with E-state index in [1.54, 1.807) is 16.8 Å². The number of anilines is 2. The number of aromatic nitrogens is 3. The molecule has 2 aliphatic heterocycles. The molecule has 10 nitrogen and oxygen atoms in total. The molecule has 2 aliphatic rings. The van der Waals surface area contributed by atoms with Crippen LogP contribution in [0.4, 0.5) is 11.6 Å². The maximum absolute atomic E-state index is 14.3. The number of morpholine rings is 1. The molecule has 2 fully saturated rings. The summed E-state index contributed by atoms with van der Waals surface area (Å²) in [6, 6.07) is 24.7. The largest absolute Gasteiger partial charge is 0.489 e. The molecule has 7 rings (SSSR count). The Bertz CT molecular complexity index is 2000. The van der Waals surface area contributed by atoms with Gasteiger partial charge in [-0.2, -0.15) is 4.98 Å². The molecule has 12 heteroatoms. The normalized spacial score (nSPS) is 19.2. The number of nitrogens with one attached hydrogen (secondary N) is 1. The number of rotatable bonds is 10. The zero-order valence-electron chi connectivity index (χ0n) is 28.4. The number of halogens is 1. The fourth-order valence-corrected chi connectivity index (χ4v) is 8.61. The molecule has 2 unspecified atom stereocenters. The Morgan fingerprint density at radius 3 is 2.50 bits per heavy atom. The standard InChI is InChI=1S/C38H43ClN6O4S/c1-43-16-6-7-30(26-43)49-29-12-10-28(11-13-29)41-38-40-25-27-23-34(37(46)45(36(27)42-38)18-17-44-19-21-48-22-20-44)33-15-14-32(24-35(33)39)50(2,47)31-8-4-3-5-9-31/h3-5,8-15,23-25,30,47H,6-7,16-22,26H2,1-2H3,(H,40,41,42). The van der Waals surface area contributed by atoms with Gasteiger partial charge >= 0.3 is 0 Å². The third-order valence-corrected chi connectivity index (χ3v) is 12.1. The van der Waals surface area contributed by atoms with Crippen LogP contribution in [0.1, 0.15) is 12.8 Å². The molecule has 0 bridgehead atoms. The zero-order chi connectivity index (χ0) is 34.7. The van der Waals surface area contributed by atoms with Crippen molar-refractivity contribution < 1.29 is 14.0 Å². The molecule has 3 aromatic carbocycles. The summed E-state index contributed by atoms with van der Waals surface area (Å²) in [6.45, 7) is 6.10. The van der Waals surface area contributed by atoms with Crippen LogP contribution in [0.3, 0.4) is 0 Å². The van der Waals surface area contributed by atoms with Crippen LogP contribution in [0.25, 0.3) is 22.2 Å². The number of fused-ring (bicyclic) bond motifs is 1. The Morgan fingerprint density at radius 2 is 1.76 bits per heavy atom. The third-order valence-electron chi connectivity index (χ3n) is 9.46. The van der Waals surface area contributed by atoms with E-state index in [4.69, 9.17) is 26.1 Å². The van der Waals surface area contributed by atoms with E-state index in [0.29, 0.717) is 58.9 Å². The van der Waals surface area contributed by atoms with E-state index < -0.39 is 10.3 Å². The smallest absolute Gasteiger partial charge is 0.260 e. The highest BCUT2D eigenvalue weighted by Crippen LogP contribution is 2.56. The van der Waals surface area contributed by atoms with E-state index in [-0.39, 0.29) is 11.7 Å². The summed E-state index contributed by atoms with van der Waals surface area (Å²) >= 11 is 6.90. The summed E-state index contributed by atoms with van der Waals surface area (Å²) in [5.41, 5.74) is 2.21. The van der Waals surface area contributed by atoms with Gasteiger partial charge in [-0.05, 0) is 87.3 Å². The second-order valence-electron chi connectivity index (χ2n) is 13.1. The summed E-state index contributed by atoms with van der Waals surface area (Å²) in [6.07, 6.45) is 5.94. The third kappa shape index (κ3) is 7.68. The molecule has 2 saturated heterocycles. The van der Waals surface area contributed by atoms with Crippen LogP contribution >= 0.6 is 21.9 Å². The Balaban J connectivity index is 1.19. The van der Waals surface area contributed by atoms with Crippen LogP contribution < -0.4 is 15.6 Å². The summed E-state index contributed by atoms with van der Waals surface area (Å²) in [5.74, 6) is 1.22. The van der Waals surface area contributed by atoms with E-state index in [0.717, 1.165) is 60.7 Å². The minimum absolute atomic E-state index is 0.188. The van der Waals surface area contributed by atoms with E-state index >= 15 is 0 Å². The highest BCUT2D eigenvalue weighted by molar-refractivity contribution is 8.28. The molecule has 0 radical (unpaired) electrons. The number of pyridine rings is 1. The second kappa shape index (κ2) is 15.1. The number of hydrogen-bond donors (Lipinski definition) is 2. The molecule has 0 saturated carbocycles. The van der Waals surface area contributed by atoms with Crippen molar-refractivity contribution in [2.24, 2.45) is 0 Å². The van der Waals surface area contributed by atoms with E-state index in [1.165, 1.54) is 0 Å². The van der Waals surface area contributed by atoms with Gasteiger partial charge in [0.05, 0.1) is 13.2 Å². The van der Waals surface area contributed by atoms with E-state index in [1.807, 2.05) is 79.1 Å². The Hall–Kier alpha value is -3.97. The summed E-state index contributed by atoms with van der Waals surface area (Å²) in [7, 11) is -0.169. The van der Waals surface area contributed by atoms with Crippen LogP contribution in [0.15, 0.2) is 99.6 Å². The minimum atomic E-state index is -2.30. The van der Waals surface area contributed by atoms with Gasteiger partial charge in [-0.15, -0.1) is 0 Å². The summed E-state index contributed by atoms with van der Waals surface area (Å²) in [5, 5.41) is 4.42. The van der Waals surface area contributed by atoms with Crippen LogP contribution in [-0.2, 0) is 11.3 Å². The SMILES string of the molecule is CN1CCCC(Oc2ccc(Nc3ncc4cc(-c5ccc(S(C)(O)c6ccccc6)cc5Cl)c(=O)n(CCN5CCOCC5)c4n3)cc2)C1. The maximum atomic E-state index is 14.3. The number of likely N-dealkylation sites (tertiary alicyclic amines) is 1. The van der Waals surface area contributed by atoms with Gasteiger partial charge in [0, 0.05) is 75.9 Å². The van der Waals surface area contributed by atoms with Crippen molar-refractivity contribution in [3.05, 3.63) is 100 Å². The number of nitrogens with zero attached hydrogens (tertiary/aromatic N) is 5. The maximum Gasteiger partial charge on any atom is 0.260 e. The van der Waals surface area contributed by atoms with Crippen molar-refractivity contribution in [2.75, 3.05) is 64.6 Å². The lowest BCUT2D eigenvalue weighted by molar-refractivity contribution is 0.0364. The number of benzene rings is 3. The lowest BCUT2D eigenvalue weighted by atomic mass is 10.1. The van der Waals surface area contributed by atoms with Gasteiger partial charge in [0.1, 0.15) is 17.5 Å². The lowest BCUT2D eigenvalue weighted by Gasteiger charge is -2.30. The Kier molecular flexibility index (Phi) is 10.4. The molecule has 4 heterocycles. The molecule has 0 spiro atoms. The first-order valence-electron chi connectivity index (χ1n) is 17.0. The minimum Gasteiger partial charge on any atom is -0.489 e. The topological polar surface area (TPSA) is 105 Å². The highest BCUT2D eigenvalue weighted by Gasteiger charge is 2.23. The number of hydrogen-bond acceptors (Lipinski definition) is 9. The quantitative estimate of drug-likeness (QED) is 0.159. The predicted molar refractivity (Wildman–Crippen MR) is 201 cm³/mol. The molecular formula is C38H43ClN6O4S. The van der Waals surface area contributed by atoms with Gasteiger partial charge in [0.25, 0.3) is 5.56 Å². The van der Waals surface area contributed by atoms with E-state index in [9.17, 15) is 9.35 Å². The monoisotopic (exact) mass is 714 g/mol. The van der Waals surface area contributed by atoms with Gasteiger partial charge in [-0.3, -0.25) is 14.3 Å². The lowest BCUT2D eigenvalue weighted by Crippen LogP contribution is -2.39. The molecule has 0 aliphatic carbocycles. The fraction of sp³-hybridized carbons (Fsp3) is 0.342. The van der Waals surface area contributed by atoms with Crippen molar-refractivity contribution in [2.45, 2.75) is 35.3 Å². The van der Waals surface area contributed by atoms with Crippen LogP contribution in [0.5, 0.6) is 5.75 Å². The first kappa shape index (κ1) is 34.5. The first-order valence-corrected chi connectivity index (χ1v) is 19.4. The summed E-state index contributed by atoms with van der Waals surface area (Å²) in [4.78, 5) is 29.9. The van der Waals surface area contributed by atoms with Gasteiger partial charge in [0.15, 0.2) is 0 Å². The van der Waals surface area contributed by atoms with Crippen molar-refractivity contribution in [1.82, 2.24) is 24.3 Å². The molecule has 2 aromatic heterocycles. The molecule has 2 N–H and O–H groups in total. The molecule has 0 amide bonds. The van der Waals surface area contributed by atoms with Crippen molar-refractivity contribution >= 4 is 44.6 Å². The predicted octanol–water partition coefficient (Wildman–Crippen LogP) is 6.99. The fourth-order valence-electron chi connectivity index (χ4n) is 6.62. The summed E-state index contributed by atoms with van der Waals surface area (Å²) < 4.78 is 25.0. The average molecular weight is 715 g/mol. The Labute approximate surface area is 299 Å². The molecule has 262 valence electrons.